The van der Waals surface area contributed by atoms with Crippen molar-refractivity contribution in [3.05, 3.63) is 187 Å². The Balaban J connectivity index is 1.27. The SMILES string of the molecule is CC(=NC(=NC(C)c1ccc(-c2cccnc2)cc1)c1cccc(-c2cccc3ccccc23)c1)c1ccc(-c2ccccc2)cc1. The van der Waals surface area contributed by atoms with Crippen LogP contribution in [0.25, 0.3) is 44.2 Å². The maximum atomic E-state index is 5.26. The Morgan fingerprint density at radius 2 is 1.19 bits per heavy atom. The first kappa shape index (κ1) is 29.8. The third-order valence-electron chi connectivity index (χ3n) is 8.61. The zero-order chi connectivity index (χ0) is 32.0. The van der Waals surface area contributed by atoms with Crippen molar-refractivity contribution >= 4 is 22.3 Å². The minimum atomic E-state index is -0.105. The Kier molecular flexibility index (Phi) is 8.61. The maximum absolute atomic E-state index is 5.26. The van der Waals surface area contributed by atoms with Crippen LogP contribution in [-0.2, 0) is 0 Å². The second-order valence-electron chi connectivity index (χ2n) is 11.7. The highest BCUT2D eigenvalue weighted by molar-refractivity contribution is 6.12. The van der Waals surface area contributed by atoms with E-state index in [4.69, 9.17) is 9.98 Å². The smallest absolute Gasteiger partial charge is 0.155 e. The van der Waals surface area contributed by atoms with Gasteiger partial charge in [-0.1, -0.05) is 146 Å². The predicted octanol–water partition coefficient (Wildman–Crippen LogP) is 11.3. The zero-order valence-corrected chi connectivity index (χ0v) is 26.6. The number of rotatable bonds is 7. The molecular formula is C44H35N3. The Bertz CT molecular complexity index is 2180. The summed E-state index contributed by atoms with van der Waals surface area (Å²) in [6.07, 6.45) is 3.69. The van der Waals surface area contributed by atoms with Gasteiger partial charge in [0.1, 0.15) is 0 Å². The molecule has 0 aliphatic rings. The lowest BCUT2D eigenvalue weighted by Crippen LogP contribution is -2.06. The van der Waals surface area contributed by atoms with Crippen molar-refractivity contribution in [1.29, 1.82) is 0 Å². The van der Waals surface area contributed by atoms with Gasteiger partial charge >= 0.3 is 0 Å². The third-order valence-corrected chi connectivity index (χ3v) is 8.61. The van der Waals surface area contributed by atoms with Crippen molar-refractivity contribution in [3.8, 4) is 33.4 Å². The van der Waals surface area contributed by atoms with Gasteiger partial charge in [-0.2, -0.15) is 0 Å². The van der Waals surface area contributed by atoms with E-state index in [0.717, 1.165) is 39.1 Å². The fraction of sp³-hybridized carbons (Fsp3) is 0.0682. The number of fused-ring (bicyclic) bond motifs is 1. The van der Waals surface area contributed by atoms with Crippen LogP contribution in [0.4, 0.5) is 0 Å². The van der Waals surface area contributed by atoms with Crippen LogP contribution in [0.15, 0.2) is 180 Å². The molecule has 47 heavy (non-hydrogen) atoms. The summed E-state index contributed by atoms with van der Waals surface area (Å²) in [4.78, 5) is 14.7. The van der Waals surface area contributed by atoms with Gasteiger partial charge in [0.2, 0.25) is 0 Å². The minimum absolute atomic E-state index is 0.105. The fourth-order valence-electron chi connectivity index (χ4n) is 5.97. The lowest BCUT2D eigenvalue weighted by Gasteiger charge is -2.13. The average molecular weight is 606 g/mol. The molecule has 1 unspecified atom stereocenters. The minimum Gasteiger partial charge on any atom is -0.264 e. The van der Waals surface area contributed by atoms with Gasteiger partial charge < -0.3 is 0 Å². The zero-order valence-electron chi connectivity index (χ0n) is 26.6. The normalized spacial score (nSPS) is 12.6. The molecule has 7 rings (SSSR count). The summed E-state index contributed by atoms with van der Waals surface area (Å²) < 4.78 is 0. The van der Waals surface area contributed by atoms with Gasteiger partial charge in [0, 0.05) is 23.7 Å². The number of amidine groups is 1. The standard InChI is InChI=1S/C44H35N3/c1-31(33-20-24-36(25-21-33)35-11-4-3-5-12-35)46-44(47-32(2)34-22-26-37(27-23-34)41-17-10-28-45-30-41)40-16-8-15-39(29-40)43-19-9-14-38-13-6-7-18-42(38)43/h3-30,32H,1-2H3. The number of benzene rings is 6. The molecule has 0 saturated carbocycles. The highest BCUT2D eigenvalue weighted by Gasteiger charge is 2.12. The molecular weight excluding hydrogens is 571 g/mol. The van der Waals surface area contributed by atoms with Crippen molar-refractivity contribution < 1.29 is 0 Å². The molecule has 0 saturated heterocycles. The highest BCUT2D eigenvalue weighted by Crippen LogP contribution is 2.30. The Hall–Kier alpha value is -5.93. The average Bonchev–Trinajstić information content (AvgIpc) is 3.15. The van der Waals surface area contributed by atoms with Crippen LogP contribution in [0.3, 0.4) is 0 Å². The first-order valence-corrected chi connectivity index (χ1v) is 16.0. The van der Waals surface area contributed by atoms with E-state index in [1.807, 2.05) is 18.3 Å². The van der Waals surface area contributed by atoms with Crippen molar-refractivity contribution in [2.24, 2.45) is 9.98 Å². The van der Waals surface area contributed by atoms with Crippen LogP contribution in [0.1, 0.15) is 36.6 Å². The lowest BCUT2D eigenvalue weighted by atomic mass is 9.96. The van der Waals surface area contributed by atoms with Gasteiger partial charge in [-0.15, -0.1) is 0 Å². The van der Waals surface area contributed by atoms with E-state index in [0.29, 0.717) is 5.84 Å². The molecule has 0 radical (unpaired) electrons. The van der Waals surface area contributed by atoms with Crippen LogP contribution in [0, 0.1) is 0 Å². The molecule has 7 aromatic rings. The topological polar surface area (TPSA) is 37.6 Å². The van der Waals surface area contributed by atoms with Gasteiger partial charge in [0.05, 0.1) is 6.04 Å². The quantitative estimate of drug-likeness (QED) is 0.132. The summed E-state index contributed by atoms with van der Waals surface area (Å²) in [5.74, 6) is 0.709. The molecule has 0 aliphatic carbocycles. The molecule has 1 atom stereocenters. The van der Waals surface area contributed by atoms with Crippen LogP contribution in [0.2, 0.25) is 0 Å². The van der Waals surface area contributed by atoms with Crippen LogP contribution in [0.5, 0.6) is 0 Å². The summed E-state index contributed by atoms with van der Waals surface area (Å²) in [7, 11) is 0. The summed E-state index contributed by atoms with van der Waals surface area (Å²) in [5, 5.41) is 2.45. The summed E-state index contributed by atoms with van der Waals surface area (Å²) in [6.45, 7) is 4.20. The first-order valence-electron chi connectivity index (χ1n) is 16.0. The largest absolute Gasteiger partial charge is 0.264 e. The number of nitrogens with zero attached hydrogens (tertiary/aromatic N) is 3. The van der Waals surface area contributed by atoms with E-state index in [1.165, 1.54) is 27.5 Å². The van der Waals surface area contributed by atoms with E-state index in [2.05, 4.69) is 164 Å². The highest BCUT2D eigenvalue weighted by atomic mass is 14.9. The van der Waals surface area contributed by atoms with Crippen LogP contribution < -0.4 is 0 Å². The van der Waals surface area contributed by atoms with Gasteiger partial charge in [-0.05, 0) is 81.3 Å². The maximum Gasteiger partial charge on any atom is 0.155 e. The summed E-state index contributed by atoms with van der Waals surface area (Å²) in [6, 6.07) is 55.2. The molecule has 0 N–H and O–H groups in total. The van der Waals surface area contributed by atoms with E-state index < -0.39 is 0 Å². The number of hydrogen-bond acceptors (Lipinski definition) is 2. The van der Waals surface area contributed by atoms with Crippen molar-refractivity contribution in [1.82, 2.24) is 4.98 Å². The molecule has 0 spiro atoms. The number of hydrogen-bond donors (Lipinski definition) is 0. The van der Waals surface area contributed by atoms with Gasteiger partial charge in [-0.25, -0.2) is 4.99 Å². The van der Waals surface area contributed by atoms with E-state index in [-0.39, 0.29) is 6.04 Å². The van der Waals surface area contributed by atoms with Crippen LogP contribution >= 0.6 is 0 Å². The molecule has 6 aromatic carbocycles. The molecule has 0 amide bonds. The van der Waals surface area contributed by atoms with E-state index in [9.17, 15) is 0 Å². The third kappa shape index (κ3) is 6.70. The number of aliphatic imine (C=N–C) groups is 2. The Morgan fingerprint density at radius 1 is 0.553 bits per heavy atom. The second kappa shape index (κ2) is 13.6. The van der Waals surface area contributed by atoms with Gasteiger partial charge in [0.15, 0.2) is 5.84 Å². The Labute approximate surface area is 276 Å². The molecule has 0 aliphatic heterocycles. The fourth-order valence-corrected chi connectivity index (χ4v) is 5.97. The first-order chi connectivity index (χ1) is 23.1. The molecule has 3 heteroatoms. The molecule has 1 heterocycles. The lowest BCUT2D eigenvalue weighted by molar-refractivity contribution is 0.819. The molecule has 226 valence electrons. The van der Waals surface area contributed by atoms with Crippen LogP contribution in [-0.4, -0.2) is 16.5 Å². The number of pyridine rings is 1. The number of aromatic nitrogens is 1. The molecule has 0 bridgehead atoms. The molecule has 0 fully saturated rings. The van der Waals surface area contributed by atoms with Gasteiger partial charge in [0.25, 0.3) is 0 Å². The monoisotopic (exact) mass is 605 g/mol. The van der Waals surface area contributed by atoms with Crippen molar-refractivity contribution in [2.75, 3.05) is 0 Å². The van der Waals surface area contributed by atoms with Crippen molar-refractivity contribution in [2.45, 2.75) is 19.9 Å². The summed E-state index contributed by atoms with van der Waals surface area (Å²) in [5.41, 5.74) is 11.0. The Morgan fingerprint density at radius 3 is 1.98 bits per heavy atom. The van der Waals surface area contributed by atoms with E-state index in [1.54, 1.807) is 6.20 Å². The van der Waals surface area contributed by atoms with Crippen molar-refractivity contribution in [3.63, 3.8) is 0 Å². The second-order valence-corrected chi connectivity index (χ2v) is 11.7. The summed E-state index contributed by atoms with van der Waals surface area (Å²) >= 11 is 0. The van der Waals surface area contributed by atoms with Gasteiger partial charge in [-0.3, -0.25) is 9.98 Å². The van der Waals surface area contributed by atoms with E-state index >= 15 is 0 Å². The molecule has 3 nitrogen and oxygen atoms in total. The predicted molar refractivity (Wildman–Crippen MR) is 198 cm³/mol. The molecule has 1 aromatic heterocycles.